The summed E-state index contributed by atoms with van der Waals surface area (Å²) in [6, 6.07) is 25.0. The quantitative estimate of drug-likeness (QED) is 0.157. The molecule has 0 spiro atoms. The molecule has 0 bridgehead atoms. The van der Waals surface area contributed by atoms with Gasteiger partial charge in [-0.2, -0.15) is 0 Å². The first-order chi connectivity index (χ1) is 28.1. The number of phenolic OH excluding ortho intramolecular Hbond substituents is 1. The van der Waals surface area contributed by atoms with Crippen molar-refractivity contribution in [2.45, 2.75) is 50.4 Å². The maximum Gasteiger partial charge on any atom is 0.248 e. The molecule has 4 aromatic rings. The van der Waals surface area contributed by atoms with Gasteiger partial charge in [-0.1, -0.05) is 24.3 Å². The summed E-state index contributed by atoms with van der Waals surface area (Å²) in [6.45, 7) is 7.16. The fourth-order valence-corrected chi connectivity index (χ4v) is 9.39. The Kier molecular flexibility index (Phi) is 11.5. The molecular formula is C46H52FN5O6. The molecule has 58 heavy (non-hydrogen) atoms. The standard InChI is InChI=1S/C46H52FN5O6/c1-57-42-25-33(6-14-40(42)47)39-28-58-41-26-36(53)11-13-38(41)44(39)30-4-8-34(9-5-30)51-18-16-29(17-19-51)27-50-20-22-52(23-21-50)35-10-12-37(45(48)55)32(24-35)3-2-31-7-15-43(54)49-46(31)56/h4-6,8-14,24-26,29,31,39,44,53H,2-3,7,15-23,27-28H2,1H3,(H2,48,55)(H,49,54,56)/t31-,39+,44+/m0/s1. The van der Waals surface area contributed by atoms with Crippen molar-refractivity contribution in [1.82, 2.24) is 10.2 Å². The van der Waals surface area contributed by atoms with Crippen molar-refractivity contribution < 1.29 is 33.4 Å². The van der Waals surface area contributed by atoms with Crippen molar-refractivity contribution in [3.8, 4) is 17.2 Å². The molecule has 3 amide bonds. The lowest BCUT2D eigenvalue weighted by atomic mass is 9.75. The van der Waals surface area contributed by atoms with E-state index in [0.29, 0.717) is 49.5 Å². The molecule has 4 aliphatic heterocycles. The number of fused-ring (bicyclic) bond motifs is 1. The number of carbonyl (C=O) groups excluding carboxylic acids is 3. The zero-order chi connectivity index (χ0) is 40.3. The van der Waals surface area contributed by atoms with Crippen LogP contribution in [0.25, 0.3) is 0 Å². The van der Waals surface area contributed by atoms with Crippen LogP contribution in [-0.4, -0.2) is 87.3 Å². The second-order valence-electron chi connectivity index (χ2n) is 16.2. The Balaban J connectivity index is 0.857. The Bertz CT molecular complexity index is 2150. The third-order valence-corrected chi connectivity index (χ3v) is 12.7. The van der Waals surface area contributed by atoms with Crippen LogP contribution >= 0.6 is 0 Å². The first-order valence-corrected chi connectivity index (χ1v) is 20.5. The molecule has 0 saturated carbocycles. The minimum Gasteiger partial charge on any atom is -0.508 e. The average molecular weight is 790 g/mol. The molecule has 0 radical (unpaired) electrons. The van der Waals surface area contributed by atoms with Gasteiger partial charge in [0.2, 0.25) is 17.7 Å². The topological polar surface area (TPSA) is 138 Å². The zero-order valence-electron chi connectivity index (χ0n) is 33.0. The van der Waals surface area contributed by atoms with E-state index >= 15 is 0 Å². The van der Waals surface area contributed by atoms with Crippen LogP contribution in [0.3, 0.4) is 0 Å². The molecule has 8 rings (SSSR count). The molecule has 4 heterocycles. The molecular weight excluding hydrogens is 738 g/mol. The van der Waals surface area contributed by atoms with Crippen LogP contribution in [0, 0.1) is 17.7 Å². The van der Waals surface area contributed by atoms with Gasteiger partial charge in [-0.05, 0) is 103 Å². The van der Waals surface area contributed by atoms with E-state index in [2.05, 4.69) is 50.3 Å². The zero-order valence-corrected chi connectivity index (χ0v) is 33.0. The number of aromatic hydroxyl groups is 1. The van der Waals surface area contributed by atoms with Crippen molar-refractivity contribution in [1.29, 1.82) is 0 Å². The third-order valence-electron chi connectivity index (χ3n) is 12.7. The summed E-state index contributed by atoms with van der Waals surface area (Å²) in [7, 11) is 1.47. The number of carbonyl (C=O) groups is 3. The Morgan fingerprint density at radius 1 is 0.879 bits per heavy atom. The summed E-state index contributed by atoms with van der Waals surface area (Å²) < 4.78 is 25.8. The summed E-state index contributed by atoms with van der Waals surface area (Å²) in [4.78, 5) is 43.6. The number of hydrogen-bond acceptors (Lipinski definition) is 9. The highest BCUT2D eigenvalue weighted by molar-refractivity contribution is 5.98. The minimum absolute atomic E-state index is 0.0543. The number of piperazine rings is 1. The van der Waals surface area contributed by atoms with E-state index in [1.807, 2.05) is 18.2 Å². The van der Waals surface area contributed by atoms with E-state index in [0.717, 1.165) is 86.6 Å². The van der Waals surface area contributed by atoms with E-state index in [4.69, 9.17) is 15.2 Å². The van der Waals surface area contributed by atoms with Gasteiger partial charge in [0.25, 0.3) is 0 Å². The van der Waals surface area contributed by atoms with Gasteiger partial charge in [-0.3, -0.25) is 24.6 Å². The van der Waals surface area contributed by atoms with Crippen molar-refractivity contribution in [3.63, 3.8) is 0 Å². The summed E-state index contributed by atoms with van der Waals surface area (Å²) in [5, 5.41) is 12.6. The number of benzene rings is 4. The number of nitrogens with zero attached hydrogens (tertiary/aromatic N) is 3. The number of halogens is 1. The monoisotopic (exact) mass is 789 g/mol. The largest absolute Gasteiger partial charge is 0.508 e. The molecule has 304 valence electrons. The number of aryl methyl sites for hydroxylation is 1. The van der Waals surface area contributed by atoms with Crippen LogP contribution in [0.1, 0.15) is 76.6 Å². The Morgan fingerprint density at radius 3 is 2.33 bits per heavy atom. The lowest BCUT2D eigenvalue weighted by Crippen LogP contribution is -2.49. The molecule has 4 aromatic carbocycles. The number of imide groups is 1. The molecule has 3 fully saturated rings. The van der Waals surface area contributed by atoms with E-state index in [-0.39, 0.29) is 41.1 Å². The highest BCUT2D eigenvalue weighted by Crippen LogP contribution is 2.48. The minimum atomic E-state index is -0.472. The Labute approximate surface area is 338 Å². The predicted molar refractivity (Wildman–Crippen MR) is 220 cm³/mol. The van der Waals surface area contributed by atoms with Crippen molar-refractivity contribution in [3.05, 3.63) is 112 Å². The van der Waals surface area contributed by atoms with E-state index in [1.54, 1.807) is 24.3 Å². The molecule has 4 aliphatic rings. The summed E-state index contributed by atoms with van der Waals surface area (Å²) in [6.07, 6.45) is 4.23. The normalized spacial score (nSPS) is 21.6. The Morgan fingerprint density at radius 2 is 1.60 bits per heavy atom. The van der Waals surface area contributed by atoms with Gasteiger partial charge in [0.1, 0.15) is 11.5 Å². The number of nitrogens with two attached hydrogens (primary N) is 1. The van der Waals surface area contributed by atoms with Crippen LogP contribution in [0.5, 0.6) is 17.2 Å². The van der Waals surface area contributed by atoms with Crippen LogP contribution in [0.15, 0.2) is 78.9 Å². The predicted octanol–water partition coefficient (Wildman–Crippen LogP) is 5.97. The van der Waals surface area contributed by atoms with Crippen LogP contribution in [-0.2, 0) is 16.0 Å². The SMILES string of the molecule is COc1cc([C@H]2COc3cc(O)ccc3[C@H]2c2ccc(N3CCC(CN4CCN(c5ccc(C(N)=O)c(CC[C@H]6CCC(=O)NC6=O)c5)CC4)CC3)cc2)ccc1F. The lowest BCUT2D eigenvalue weighted by molar-refractivity contribution is -0.136. The number of primary amides is 1. The molecule has 12 heteroatoms. The highest BCUT2D eigenvalue weighted by Gasteiger charge is 2.35. The second-order valence-corrected chi connectivity index (χ2v) is 16.2. The van der Waals surface area contributed by atoms with Gasteiger partial charge in [0, 0.05) is 98.6 Å². The smallest absolute Gasteiger partial charge is 0.248 e. The van der Waals surface area contributed by atoms with Crippen LogP contribution < -0.4 is 30.3 Å². The average Bonchev–Trinajstić information content (AvgIpc) is 3.23. The van der Waals surface area contributed by atoms with Gasteiger partial charge in [-0.25, -0.2) is 4.39 Å². The molecule has 4 N–H and O–H groups in total. The number of ether oxygens (including phenoxy) is 2. The fourth-order valence-electron chi connectivity index (χ4n) is 9.39. The summed E-state index contributed by atoms with van der Waals surface area (Å²) >= 11 is 0. The first kappa shape index (κ1) is 39.2. The van der Waals surface area contributed by atoms with E-state index in [1.165, 1.54) is 18.9 Å². The van der Waals surface area contributed by atoms with Crippen molar-refractivity contribution >= 4 is 29.1 Å². The van der Waals surface area contributed by atoms with Gasteiger partial charge < -0.3 is 30.1 Å². The number of hydrogen-bond donors (Lipinski definition) is 3. The highest BCUT2D eigenvalue weighted by atomic mass is 19.1. The molecule has 0 aliphatic carbocycles. The second kappa shape index (κ2) is 17.1. The van der Waals surface area contributed by atoms with Gasteiger partial charge in [0.15, 0.2) is 11.6 Å². The molecule has 3 saturated heterocycles. The molecule has 0 unspecified atom stereocenters. The third kappa shape index (κ3) is 8.48. The lowest BCUT2D eigenvalue weighted by Gasteiger charge is -2.40. The number of piperidine rings is 2. The Hall–Kier alpha value is -5.62. The number of anilines is 2. The van der Waals surface area contributed by atoms with Crippen LogP contribution in [0.4, 0.5) is 15.8 Å². The van der Waals surface area contributed by atoms with Gasteiger partial charge in [-0.15, -0.1) is 0 Å². The van der Waals surface area contributed by atoms with Crippen molar-refractivity contribution in [2.24, 2.45) is 17.6 Å². The molecule has 0 aromatic heterocycles. The first-order valence-electron chi connectivity index (χ1n) is 20.5. The summed E-state index contributed by atoms with van der Waals surface area (Å²) in [5.41, 5.74) is 12.4. The summed E-state index contributed by atoms with van der Waals surface area (Å²) in [5.74, 6) is -0.0553. The number of phenols is 1. The number of nitrogens with one attached hydrogen (secondary N) is 1. The maximum absolute atomic E-state index is 14.4. The number of rotatable bonds is 11. The number of methoxy groups -OCH3 is 1. The fraction of sp³-hybridized carbons (Fsp3) is 0.413. The molecule has 11 nitrogen and oxygen atoms in total. The van der Waals surface area contributed by atoms with Crippen LogP contribution in [0.2, 0.25) is 0 Å². The van der Waals surface area contributed by atoms with E-state index in [9.17, 15) is 23.9 Å². The van der Waals surface area contributed by atoms with Gasteiger partial charge >= 0.3 is 0 Å². The van der Waals surface area contributed by atoms with Gasteiger partial charge in [0.05, 0.1) is 13.7 Å². The van der Waals surface area contributed by atoms with E-state index < -0.39 is 11.7 Å². The molecule has 3 atom stereocenters. The number of amides is 3. The maximum atomic E-state index is 14.4. The van der Waals surface area contributed by atoms with Crippen molar-refractivity contribution in [2.75, 3.05) is 69.3 Å².